The molecule has 112 valence electrons. The molecule has 2 aromatic rings. The van der Waals surface area contributed by atoms with Gasteiger partial charge in [0, 0.05) is 12.7 Å². The highest BCUT2D eigenvalue weighted by molar-refractivity contribution is 8.01. The van der Waals surface area contributed by atoms with E-state index in [0.29, 0.717) is 17.4 Å². The van der Waals surface area contributed by atoms with E-state index >= 15 is 0 Å². The monoisotopic (exact) mass is 324 g/mol. The fraction of sp³-hybridized carbons (Fsp3) is 0.500. The van der Waals surface area contributed by atoms with E-state index in [1.54, 1.807) is 11.9 Å². The third kappa shape index (κ3) is 3.18. The lowest BCUT2D eigenvalue weighted by Crippen LogP contribution is -2.28. The van der Waals surface area contributed by atoms with Crippen LogP contribution >= 0.6 is 23.1 Å². The van der Waals surface area contributed by atoms with Gasteiger partial charge in [-0.15, -0.1) is 10.2 Å². The van der Waals surface area contributed by atoms with E-state index in [0.717, 1.165) is 22.9 Å². The normalized spacial score (nSPS) is 13.4. The van der Waals surface area contributed by atoms with E-state index in [9.17, 15) is 4.79 Å². The fourth-order valence-corrected chi connectivity index (χ4v) is 3.92. The summed E-state index contributed by atoms with van der Waals surface area (Å²) in [6.45, 7) is 0.545. The minimum Gasteiger partial charge on any atom is -0.374 e. The first-order chi connectivity index (χ1) is 10.1. The molecule has 2 heterocycles. The Balaban J connectivity index is 1.54. The highest BCUT2D eigenvalue weighted by atomic mass is 32.2. The van der Waals surface area contributed by atoms with Gasteiger partial charge >= 0.3 is 0 Å². The standard InChI is InChI=1S/C12H16N6OS2/c1-18(5-9-7-3-2-4-8(7)14-15-9)10(19)6-20-12-17-16-11(13)21-12/h2-6H2,1H3,(H2,13,16)(H,14,15). The fourth-order valence-electron chi connectivity index (χ4n) is 2.34. The van der Waals surface area contributed by atoms with E-state index in [1.165, 1.54) is 40.8 Å². The Bertz CT molecular complexity index is 652. The van der Waals surface area contributed by atoms with Crippen molar-refractivity contribution in [3.8, 4) is 0 Å². The summed E-state index contributed by atoms with van der Waals surface area (Å²) in [5.74, 6) is 0.376. The van der Waals surface area contributed by atoms with Gasteiger partial charge < -0.3 is 10.6 Å². The number of aromatic amines is 1. The van der Waals surface area contributed by atoms with Crippen molar-refractivity contribution >= 4 is 34.1 Å². The van der Waals surface area contributed by atoms with Gasteiger partial charge in [-0.25, -0.2) is 0 Å². The smallest absolute Gasteiger partial charge is 0.233 e. The van der Waals surface area contributed by atoms with Gasteiger partial charge in [0.25, 0.3) is 0 Å². The average Bonchev–Trinajstić information content (AvgIpc) is 3.15. The molecule has 0 bridgehead atoms. The molecule has 0 atom stereocenters. The quantitative estimate of drug-likeness (QED) is 0.798. The maximum atomic E-state index is 12.1. The van der Waals surface area contributed by atoms with E-state index in [2.05, 4.69) is 20.4 Å². The summed E-state index contributed by atoms with van der Waals surface area (Å²) in [6.07, 6.45) is 3.29. The van der Waals surface area contributed by atoms with Gasteiger partial charge in [0.1, 0.15) is 0 Å². The van der Waals surface area contributed by atoms with E-state index < -0.39 is 0 Å². The van der Waals surface area contributed by atoms with Crippen LogP contribution in [0.15, 0.2) is 4.34 Å². The first-order valence-corrected chi connectivity index (χ1v) is 8.44. The first-order valence-electron chi connectivity index (χ1n) is 6.64. The number of nitrogen functional groups attached to an aromatic ring is 1. The zero-order chi connectivity index (χ0) is 14.8. The van der Waals surface area contributed by atoms with Gasteiger partial charge in [0.2, 0.25) is 11.0 Å². The van der Waals surface area contributed by atoms with Crippen LogP contribution in [0.2, 0.25) is 0 Å². The average molecular weight is 324 g/mol. The highest BCUT2D eigenvalue weighted by Crippen LogP contribution is 2.25. The lowest BCUT2D eigenvalue weighted by Gasteiger charge is -2.15. The van der Waals surface area contributed by atoms with Crippen LogP contribution in [0.25, 0.3) is 0 Å². The zero-order valence-corrected chi connectivity index (χ0v) is 13.3. The van der Waals surface area contributed by atoms with Crippen molar-refractivity contribution in [1.29, 1.82) is 0 Å². The molecule has 0 saturated carbocycles. The Morgan fingerprint density at radius 3 is 3.10 bits per heavy atom. The van der Waals surface area contributed by atoms with Gasteiger partial charge in [-0.2, -0.15) is 5.10 Å². The lowest BCUT2D eigenvalue weighted by atomic mass is 10.2. The van der Waals surface area contributed by atoms with Crippen LogP contribution in [-0.4, -0.2) is 44.0 Å². The van der Waals surface area contributed by atoms with Crippen molar-refractivity contribution in [2.24, 2.45) is 0 Å². The second-order valence-electron chi connectivity index (χ2n) is 4.93. The number of carbonyl (C=O) groups is 1. The number of nitrogens with two attached hydrogens (primary N) is 1. The van der Waals surface area contributed by atoms with Crippen LogP contribution in [0, 0.1) is 0 Å². The van der Waals surface area contributed by atoms with Gasteiger partial charge in [-0.3, -0.25) is 9.89 Å². The minimum atomic E-state index is 0.0449. The molecule has 0 aliphatic heterocycles. The number of H-pyrrole nitrogens is 1. The SMILES string of the molecule is CN(Cc1n[nH]c2c1CCC2)C(=O)CSc1nnc(N)s1. The maximum Gasteiger partial charge on any atom is 0.233 e. The molecular weight excluding hydrogens is 308 g/mol. The topological polar surface area (TPSA) is 101 Å². The molecule has 2 aromatic heterocycles. The van der Waals surface area contributed by atoms with Gasteiger partial charge in [-0.1, -0.05) is 23.1 Å². The number of carbonyl (C=O) groups excluding carboxylic acids is 1. The molecule has 1 amide bonds. The third-order valence-electron chi connectivity index (χ3n) is 3.45. The molecule has 9 heteroatoms. The van der Waals surface area contributed by atoms with Gasteiger partial charge in [0.15, 0.2) is 4.34 Å². The molecule has 0 aromatic carbocycles. The Labute approximate surface area is 130 Å². The van der Waals surface area contributed by atoms with Gasteiger partial charge in [-0.05, 0) is 24.8 Å². The summed E-state index contributed by atoms with van der Waals surface area (Å²) in [7, 11) is 1.80. The number of anilines is 1. The predicted octanol–water partition coefficient (Wildman–Crippen LogP) is 1.08. The number of thioether (sulfide) groups is 1. The first kappa shape index (κ1) is 14.3. The highest BCUT2D eigenvalue weighted by Gasteiger charge is 2.20. The predicted molar refractivity (Wildman–Crippen MR) is 82.1 cm³/mol. The number of fused-ring (bicyclic) bond motifs is 1. The number of aryl methyl sites for hydroxylation is 1. The Kier molecular flexibility index (Phi) is 4.11. The van der Waals surface area contributed by atoms with Crippen molar-refractivity contribution in [2.75, 3.05) is 18.5 Å². The Morgan fingerprint density at radius 1 is 1.48 bits per heavy atom. The van der Waals surface area contributed by atoms with Crippen molar-refractivity contribution in [2.45, 2.75) is 30.1 Å². The number of rotatable bonds is 5. The summed E-state index contributed by atoms with van der Waals surface area (Å²) in [4.78, 5) is 13.8. The van der Waals surface area contributed by atoms with E-state index in [4.69, 9.17) is 5.73 Å². The van der Waals surface area contributed by atoms with Crippen LogP contribution in [0.4, 0.5) is 5.13 Å². The Morgan fingerprint density at radius 2 is 2.33 bits per heavy atom. The number of nitrogens with zero attached hydrogens (tertiary/aromatic N) is 4. The number of hydrogen-bond acceptors (Lipinski definition) is 7. The Hall–Kier alpha value is -1.61. The molecule has 0 fully saturated rings. The summed E-state index contributed by atoms with van der Waals surface area (Å²) in [5.41, 5.74) is 9.02. The van der Waals surface area contributed by atoms with Gasteiger partial charge in [0.05, 0.1) is 18.0 Å². The van der Waals surface area contributed by atoms with Crippen molar-refractivity contribution in [3.63, 3.8) is 0 Å². The molecule has 7 nitrogen and oxygen atoms in total. The third-order valence-corrected chi connectivity index (χ3v) is 5.32. The number of aromatic nitrogens is 4. The summed E-state index contributed by atoms with van der Waals surface area (Å²) >= 11 is 2.65. The largest absolute Gasteiger partial charge is 0.374 e. The summed E-state index contributed by atoms with van der Waals surface area (Å²) < 4.78 is 0.718. The molecule has 21 heavy (non-hydrogen) atoms. The lowest BCUT2D eigenvalue weighted by molar-refractivity contribution is -0.127. The van der Waals surface area contributed by atoms with E-state index in [-0.39, 0.29) is 5.91 Å². The minimum absolute atomic E-state index is 0.0449. The van der Waals surface area contributed by atoms with Crippen LogP contribution in [-0.2, 0) is 24.2 Å². The molecular formula is C12H16N6OS2. The number of hydrogen-bond donors (Lipinski definition) is 2. The van der Waals surface area contributed by atoms with Crippen LogP contribution < -0.4 is 5.73 Å². The maximum absolute atomic E-state index is 12.1. The molecule has 0 spiro atoms. The molecule has 1 aliphatic carbocycles. The second-order valence-corrected chi connectivity index (χ2v) is 7.16. The van der Waals surface area contributed by atoms with Crippen molar-refractivity contribution < 1.29 is 4.79 Å². The van der Waals surface area contributed by atoms with Crippen molar-refractivity contribution in [3.05, 3.63) is 17.0 Å². The molecule has 0 unspecified atom stereocenters. The second kappa shape index (κ2) is 6.02. The summed E-state index contributed by atoms with van der Waals surface area (Å²) in [5, 5.41) is 15.4. The zero-order valence-electron chi connectivity index (χ0n) is 11.6. The molecule has 0 radical (unpaired) electrons. The molecule has 1 aliphatic rings. The van der Waals surface area contributed by atoms with Crippen LogP contribution in [0.5, 0.6) is 0 Å². The summed E-state index contributed by atoms with van der Waals surface area (Å²) in [6, 6.07) is 0. The van der Waals surface area contributed by atoms with Crippen molar-refractivity contribution in [1.82, 2.24) is 25.3 Å². The van der Waals surface area contributed by atoms with Crippen LogP contribution in [0.3, 0.4) is 0 Å². The van der Waals surface area contributed by atoms with E-state index in [1.807, 2.05) is 0 Å². The number of amides is 1. The molecule has 3 N–H and O–H groups in total. The van der Waals surface area contributed by atoms with Crippen LogP contribution in [0.1, 0.15) is 23.4 Å². The molecule has 0 saturated heterocycles. The molecule has 3 rings (SSSR count). The number of nitrogens with one attached hydrogen (secondary N) is 1.